The Hall–Kier alpha value is -2.32. The second-order valence-electron chi connectivity index (χ2n) is 28.4. The van der Waals surface area contributed by atoms with Gasteiger partial charge in [-0.2, -0.15) is 0 Å². The Labute approximate surface area is 508 Å². The zero-order valence-corrected chi connectivity index (χ0v) is 50.7. The molecule has 5 heterocycles. The molecule has 88 heavy (non-hydrogen) atoms. The molecule has 5 saturated heterocycles. The van der Waals surface area contributed by atoms with E-state index in [1.165, 1.54) is 6.92 Å². The predicted molar refractivity (Wildman–Crippen MR) is 291 cm³/mol. The fourth-order valence-corrected chi connectivity index (χ4v) is 17.7. The molecule has 0 bridgehead atoms. The van der Waals surface area contributed by atoms with Crippen molar-refractivity contribution in [3.8, 4) is 0 Å². The number of aliphatic hydroxyl groups is 16. The van der Waals surface area contributed by atoms with Gasteiger partial charge >= 0.3 is 11.9 Å². The van der Waals surface area contributed by atoms with E-state index in [2.05, 4.69) is 33.8 Å². The summed E-state index contributed by atoms with van der Waals surface area (Å²) in [5.41, 5.74) is -6.99. The summed E-state index contributed by atoms with van der Waals surface area (Å²) >= 11 is 0. The third-order valence-corrected chi connectivity index (χ3v) is 22.9. The van der Waals surface area contributed by atoms with E-state index in [1.54, 1.807) is 0 Å². The van der Waals surface area contributed by atoms with Crippen LogP contribution in [0.5, 0.6) is 0 Å². The molecular formula is C59H94O29. The number of aliphatic hydroxyl groups excluding tert-OH is 15. The Morgan fingerprint density at radius 2 is 1.24 bits per heavy atom. The quantitative estimate of drug-likeness (QED) is 0.0416. The van der Waals surface area contributed by atoms with E-state index in [0.29, 0.717) is 32.1 Å². The van der Waals surface area contributed by atoms with E-state index in [0.717, 1.165) is 12.5 Å². The number of fused-ring (bicyclic) bond motifs is 7. The summed E-state index contributed by atoms with van der Waals surface area (Å²) in [5, 5.41) is 178. The number of hydrogen-bond donors (Lipinski definition) is 16. The molecule has 504 valence electrons. The first-order chi connectivity index (χ1) is 41.3. The van der Waals surface area contributed by atoms with Crippen LogP contribution in [0.4, 0.5) is 0 Å². The highest BCUT2D eigenvalue weighted by molar-refractivity contribution is 5.80. The molecule has 9 fully saturated rings. The smallest absolute Gasteiger partial charge is 0.317 e. The van der Waals surface area contributed by atoms with Crippen molar-refractivity contribution in [2.24, 2.45) is 50.2 Å². The normalized spacial score (nSPS) is 52.5. The maximum absolute atomic E-state index is 15.5. The largest absolute Gasteiger partial charge is 0.457 e. The van der Waals surface area contributed by atoms with Gasteiger partial charge < -0.3 is 134 Å². The molecular weight excluding hydrogens is 1170 g/mol. The van der Waals surface area contributed by atoms with Crippen molar-refractivity contribution >= 4 is 11.9 Å². The zero-order chi connectivity index (χ0) is 64.3. The lowest BCUT2D eigenvalue weighted by Crippen LogP contribution is -2.71. The van der Waals surface area contributed by atoms with Crippen molar-refractivity contribution in [2.75, 3.05) is 46.2 Å². The molecule has 0 aromatic rings. The van der Waals surface area contributed by atoms with Crippen molar-refractivity contribution in [2.45, 2.75) is 247 Å². The van der Waals surface area contributed by atoms with Crippen molar-refractivity contribution in [3.63, 3.8) is 0 Å². The summed E-state index contributed by atoms with van der Waals surface area (Å²) in [7, 11) is 0. The second-order valence-corrected chi connectivity index (χ2v) is 28.4. The third kappa shape index (κ3) is 11.1. The van der Waals surface area contributed by atoms with E-state index < -0.39 is 244 Å². The van der Waals surface area contributed by atoms with Gasteiger partial charge in [-0.15, -0.1) is 0 Å². The van der Waals surface area contributed by atoms with Crippen molar-refractivity contribution in [1.29, 1.82) is 0 Å². The molecule has 10 rings (SSSR count). The highest BCUT2D eigenvalue weighted by Gasteiger charge is 2.74. The Kier molecular flexibility index (Phi) is 19.6. The van der Waals surface area contributed by atoms with E-state index in [-0.39, 0.29) is 30.6 Å². The van der Waals surface area contributed by atoms with Crippen molar-refractivity contribution < 1.29 is 143 Å². The number of allylic oxidation sites excluding steroid dienone is 2. The van der Waals surface area contributed by atoms with Crippen LogP contribution in [0, 0.1) is 50.2 Å². The molecule has 10 aliphatic rings. The van der Waals surface area contributed by atoms with Gasteiger partial charge in [0.05, 0.1) is 70.7 Å². The summed E-state index contributed by atoms with van der Waals surface area (Å²) in [5.74, 6) is -3.22. The van der Waals surface area contributed by atoms with Gasteiger partial charge in [0.15, 0.2) is 37.4 Å². The number of rotatable bonds is 15. The monoisotopic (exact) mass is 1270 g/mol. The van der Waals surface area contributed by atoms with Crippen LogP contribution in [-0.2, 0) is 61.7 Å². The molecule has 0 aromatic carbocycles. The molecule has 5 aliphatic heterocycles. The molecule has 4 saturated carbocycles. The first kappa shape index (κ1) is 68.5. The topological polar surface area (TPSA) is 459 Å². The molecule has 0 spiro atoms. The number of esters is 2. The lowest BCUT2D eigenvalue weighted by molar-refractivity contribution is -0.372. The lowest BCUT2D eigenvalue weighted by atomic mass is 9.33. The average molecular weight is 1270 g/mol. The van der Waals surface area contributed by atoms with Gasteiger partial charge in [-0.3, -0.25) is 9.59 Å². The first-order valence-electron chi connectivity index (χ1n) is 30.8. The van der Waals surface area contributed by atoms with Crippen LogP contribution in [0.1, 0.15) is 99.8 Å². The van der Waals surface area contributed by atoms with Crippen LogP contribution in [0.2, 0.25) is 0 Å². The van der Waals surface area contributed by atoms with E-state index in [1.807, 2.05) is 6.92 Å². The second kappa shape index (κ2) is 25.1. The third-order valence-electron chi connectivity index (χ3n) is 22.9. The molecule has 0 radical (unpaired) electrons. The van der Waals surface area contributed by atoms with E-state index in [4.69, 9.17) is 52.1 Å². The van der Waals surface area contributed by atoms with Gasteiger partial charge in [0.25, 0.3) is 0 Å². The Morgan fingerprint density at radius 3 is 1.89 bits per heavy atom. The van der Waals surface area contributed by atoms with Gasteiger partial charge in [-0.1, -0.05) is 46.3 Å². The minimum Gasteiger partial charge on any atom is -0.457 e. The molecule has 0 amide bonds. The number of carbonyl (C=O) groups is 2. The maximum atomic E-state index is 15.5. The Bertz CT molecular complexity index is 2500. The standard InChI is InChI=1S/C59H94O29/c1-24-41(84-47-39(73)42(30(67)19-78-47)85-51-45(75)58(77,22-63)23-80-51)43(82-25(2)64)40(74)49(81-24)86-44-35(69)29(66)18-79-50(44)88-52(76)59-13-12-53(3,4)14-27(59)26-8-9-32-54(5)15-28(65)46(87-48-38(72)37(71)36(70)31(17-60)83-48)57(20-61,21-62)33(54)10-11-55(32,6)56(26,7)16-34(59)68/h8,24,27-51,60-63,65-75,77H,9-23H2,1-7H3/t24-,27?,28-,29-,30+,31+,32?,33?,34+,35-,36+,37-,38+,39+,40+,41-,42-,43-,44+,45-,46-,47-,48-,49-,50-,51-,54+,55+,56+,58+,59+/m0/s1. The highest BCUT2D eigenvalue weighted by atomic mass is 16.8. The predicted octanol–water partition coefficient (Wildman–Crippen LogP) is -4.81. The number of ether oxygens (including phenoxy) is 11. The molecule has 5 aliphatic carbocycles. The molecule has 3 unspecified atom stereocenters. The van der Waals surface area contributed by atoms with E-state index in [9.17, 15) is 86.5 Å². The minimum atomic E-state index is -2.10. The summed E-state index contributed by atoms with van der Waals surface area (Å²) in [6.45, 7) is 8.34. The molecule has 29 heteroatoms. The number of carbonyl (C=O) groups excluding carboxylic acids is 2. The van der Waals surface area contributed by atoms with Crippen LogP contribution >= 0.6 is 0 Å². The Morgan fingerprint density at radius 1 is 0.602 bits per heavy atom. The van der Waals surface area contributed by atoms with Crippen molar-refractivity contribution in [3.05, 3.63) is 11.6 Å². The summed E-state index contributed by atoms with van der Waals surface area (Å²) < 4.78 is 64.7. The highest BCUT2D eigenvalue weighted by Crippen LogP contribution is 2.76. The van der Waals surface area contributed by atoms with Crippen LogP contribution < -0.4 is 0 Å². The molecule has 29 nitrogen and oxygen atoms in total. The minimum absolute atomic E-state index is 0.0624. The molecule has 31 atom stereocenters. The summed E-state index contributed by atoms with van der Waals surface area (Å²) in [6.07, 6.45) is -33.2. The van der Waals surface area contributed by atoms with Crippen LogP contribution in [0.15, 0.2) is 11.6 Å². The summed E-state index contributed by atoms with van der Waals surface area (Å²) in [4.78, 5) is 28.2. The Balaban J connectivity index is 0.883. The van der Waals surface area contributed by atoms with Gasteiger partial charge in [-0.25, -0.2) is 0 Å². The number of hydrogen-bond acceptors (Lipinski definition) is 29. The lowest BCUT2D eigenvalue weighted by Gasteiger charge is -2.72. The van der Waals surface area contributed by atoms with Gasteiger partial charge in [0.2, 0.25) is 6.29 Å². The van der Waals surface area contributed by atoms with Crippen LogP contribution in [-0.4, -0.2) is 287 Å². The maximum Gasteiger partial charge on any atom is 0.317 e. The van der Waals surface area contributed by atoms with Gasteiger partial charge in [0, 0.05) is 12.3 Å². The van der Waals surface area contributed by atoms with Gasteiger partial charge in [0.1, 0.15) is 84.3 Å². The first-order valence-corrected chi connectivity index (χ1v) is 30.8. The average Bonchev–Trinajstić information content (AvgIpc) is 0.764. The van der Waals surface area contributed by atoms with Crippen LogP contribution in [0.3, 0.4) is 0 Å². The van der Waals surface area contributed by atoms with E-state index >= 15 is 4.79 Å². The fraction of sp³-hybridized carbons (Fsp3) is 0.932. The SMILES string of the molecule is CC(=O)O[C@H]1[C@@H](O)[C@H](O[C@H]2[C@H](OC(=O)[C@]34CCC(C)(C)CC3C3=CCC5[C@@]6(C)C[C@H](O)[C@H](O[C@@H]7O[C@H](CO)[C@@H](O)[C@H](O)[C@H]7O)C(CO)(CO)C6CC[C@@]5(C)[C@]3(C)C[C@H]4O)OC[C@H](O)[C@@H]2O)O[C@@H](C)[C@@H]1O[C@@H]1OC[C@@H](O)[C@H](O[C@@H]2OC[C@](O)(CO)[C@H]2O)[C@H]1O. The van der Waals surface area contributed by atoms with Gasteiger partial charge in [-0.05, 0) is 97.7 Å². The summed E-state index contributed by atoms with van der Waals surface area (Å²) in [6, 6.07) is 0. The zero-order valence-electron chi connectivity index (χ0n) is 50.7. The van der Waals surface area contributed by atoms with Crippen LogP contribution in [0.25, 0.3) is 0 Å². The molecule has 16 N–H and O–H groups in total. The fourth-order valence-electron chi connectivity index (χ4n) is 17.7. The van der Waals surface area contributed by atoms with Crippen molar-refractivity contribution in [1.82, 2.24) is 0 Å². The molecule has 0 aromatic heterocycles.